The van der Waals surface area contributed by atoms with Crippen LogP contribution in [0.15, 0.2) is 30.7 Å². The standard InChI is InChI=1S/C18H18N4O2/c1-11(2)17-14(18(23)24)9-19-15(21-17)6-5-13-8-20-16-7-4-12(3)10-22(13)16/h4-11H,1-3H3,(H,23,24). The lowest BCUT2D eigenvalue weighted by molar-refractivity contribution is 0.0694. The summed E-state index contributed by atoms with van der Waals surface area (Å²) < 4.78 is 1.99. The molecule has 1 N–H and O–H groups in total. The largest absolute Gasteiger partial charge is 0.478 e. The number of pyridine rings is 1. The maximum Gasteiger partial charge on any atom is 0.339 e. The fourth-order valence-electron chi connectivity index (χ4n) is 2.48. The number of aromatic nitrogens is 4. The summed E-state index contributed by atoms with van der Waals surface area (Å²) in [6, 6.07) is 3.97. The van der Waals surface area contributed by atoms with Gasteiger partial charge in [-0.2, -0.15) is 0 Å². The van der Waals surface area contributed by atoms with E-state index in [1.807, 2.05) is 49.6 Å². The Morgan fingerprint density at radius 2 is 2.00 bits per heavy atom. The summed E-state index contributed by atoms with van der Waals surface area (Å²) in [5, 5.41) is 9.22. The first kappa shape index (κ1) is 15.9. The van der Waals surface area contributed by atoms with Gasteiger partial charge in [0.05, 0.1) is 23.1 Å². The molecule has 24 heavy (non-hydrogen) atoms. The first-order valence-corrected chi connectivity index (χ1v) is 7.67. The Kier molecular flexibility index (Phi) is 4.12. The third kappa shape index (κ3) is 3.03. The second-order valence-corrected chi connectivity index (χ2v) is 5.94. The van der Waals surface area contributed by atoms with Crippen molar-refractivity contribution in [1.82, 2.24) is 19.4 Å². The van der Waals surface area contributed by atoms with E-state index in [4.69, 9.17) is 0 Å². The van der Waals surface area contributed by atoms with E-state index in [0.717, 1.165) is 16.9 Å². The summed E-state index contributed by atoms with van der Waals surface area (Å²) in [5.41, 5.74) is 3.59. The van der Waals surface area contributed by atoms with Crippen LogP contribution >= 0.6 is 0 Å². The van der Waals surface area contributed by atoms with Gasteiger partial charge in [-0.1, -0.05) is 19.9 Å². The van der Waals surface area contributed by atoms with Crippen LogP contribution in [0.25, 0.3) is 17.8 Å². The number of hydrogen-bond donors (Lipinski definition) is 1. The van der Waals surface area contributed by atoms with E-state index in [9.17, 15) is 9.90 Å². The predicted molar refractivity (Wildman–Crippen MR) is 91.9 cm³/mol. The highest BCUT2D eigenvalue weighted by Crippen LogP contribution is 2.18. The number of fused-ring (bicyclic) bond motifs is 1. The highest BCUT2D eigenvalue weighted by Gasteiger charge is 2.15. The number of carboxylic acids is 1. The zero-order valence-corrected chi connectivity index (χ0v) is 13.8. The molecule has 3 aromatic rings. The lowest BCUT2D eigenvalue weighted by Crippen LogP contribution is -2.08. The zero-order chi connectivity index (χ0) is 17.3. The van der Waals surface area contributed by atoms with Crippen molar-refractivity contribution in [2.45, 2.75) is 26.7 Å². The smallest absolute Gasteiger partial charge is 0.339 e. The van der Waals surface area contributed by atoms with E-state index < -0.39 is 5.97 Å². The van der Waals surface area contributed by atoms with Gasteiger partial charge in [-0.15, -0.1) is 0 Å². The Morgan fingerprint density at radius 1 is 1.21 bits per heavy atom. The van der Waals surface area contributed by atoms with Gasteiger partial charge in [-0.05, 0) is 36.6 Å². The summed E-state index contributed by atoms with van der Waals surface area (Å²) >= 11 is 0. The van der Waals surface area contributed by atoms with Crippen molar-refractivity contribution >= 4 is 23.8 Å². The van der Waals surface area contributed by atoms with Crippen molar-refractivity contribution in [1.29, 1.82) is 0 Å². The van der Waals surface area contributed by atoms with Crippen molar-refractivity contribution in [2.75, 3.05) is 0 Å². The molecule has 0 aliphatic heterocycles. The SMILES string of the molecule is Cc1ccc2ncc(C=Cc3ncc(C(=O)O)c(C(C)C)n3)n2c1. The molecular weight excluding hydrogens is 304 g/mol. The maximum absolute atomic E-state index is 11.3. The minimum atomic E-state index is -1.01. The zero-order valence-electron chi connectivity index (χ0n) is 13.8. The number of aryl methyl sites for hydroxylation is 1. The molecule has 0 atom stereocenters. The number of imidazole rings is 1. The van der Waals surface area contributed by atoms with Crippen LogP contribution in [0.4, 0.5) is 0 Å². The van der Waals surface area contributed by atoms with Gasteiger partial charge in [0.1, 0.15) is 5.65 Å². The van der Waals surface area contributed by atoms with Crippen LogP contribution in [0.3, 0.4) is 0 Å². The van der Waals surface area contributed by atoms with E-state index in [0.29, 0.717) is 11.5 Å². The van der Waals surface area contributed by atoms with Crippen LogP contribution in [0, 0.1) is 6.92 Å². The Hall–Kier alpha value is -3.02. The molecule has 6 heteroatoms. The first-order chi connectivity index (χ1) is 11.5. The minimum absolute atomic E-state index is 0.00435. The average Bonchev–Trinajstić information content (AvgIpc) is 2.94. The lowest BCUT2D eigenvalue weighted by Gasteiger charge is -2.08. The van der Waals surface area contributed by atoms with Gasteiger partial charge in [0.2, 0.25) is 0 Å². The van der Waals surface area contributed by atoms with E-state index in [-0.39, 0.29) is 11.5 Å². The Labute approximate surface area is 139 Å². The van der Waals surface area contributed by atoms with E-state index >= 15 is 0 Å². The predicted octanol–water partition coefficient (Wildman–Crippen LogP) is 3.42. The molecule has 0 saturated carbocycles. The molecule has 0 saturated heterocycles. The van der Waals surface area contributed by atoms with Crippen LogP contribution in [0.5, 0.6) is 0 Å². The van der Waals surface area contributed by atoms with Crippen molar-refractivity contribution < 1.29 is 9.90 Å². The Balaban J connectivity index is 1.98. The molecule has 0 amide bonds. The molecule has 0 unspecified atom stereocenters. The summed E-state index contributed by atoms with van der Waals surface area (Å²) in [4.78, 5) is 24.1. The Bertz CT molecular complexity index is 941. The Morgan fingerprint density at radius 3 is 2.71 bits per heavy atom. The first-order valence-electron chi connectivity index (χ1n) is 7.67. The average molecular weight is 322 g/mol. The fourth-order valence-corrected chi connectivity index (χ4v) is 2.48. The summed E-state index contributed by atoms with van der Waals surface area (Å²) in [6.07, 6.45) is 8.79. The quantitative estimate of drug-likeness (QED) is 0.796. The van der Waals surface area contributed by atoms with E-state index in [1.165, 1.54) is 6.20 Å². The molecule has 122 valence electrons. The molecule has 0 aliphatic rings. The molecule has 3 heterocycles. The van der Waals surface area contributed by atoms with Crippen molar-refractivity contribution in [3.8, 4) is 0 Å². The molecule has 3 aromatic heterocycles. The van der Waals surface area contributed by atoms with Gasteiger partial charge < -0.3 is 9.51 Å². The number of rotatable bonds is 4. The van der Waals surface area contributed by atoms with E-state index in [2.05, 4.69) is 15.0 Å². The number of carbonyl (C=O) groups is 1. The third-order valence-corrected chi connectivity index (χ3v) is 3.70. The number of aromatic carboxylic acids is 1. The van der Waals surface area contributed by atoms with Gasteiger partial charge in [-0.25, -0.2) is 19.7 Å². The molecule has 0 fully saturated rings. The molecular formula is C18H18N4O2. The van der Waals surface area contributed by atoms with Crippen LogP contribution < -0.4 is 0 Å². The second kappa shape index (κ2) is 6.23. The molecule has 0 radical (unpaired) electrons. The number of hydrogen-bond acceptors (Lipinski definition) is 4. The fraction of sp³-hybridized carbons (Fsp3) is 0.222. The summed E-state index contributed by atoms with van der Waals surface area (Å²) in [5.74, 6) is -0.525. The van der Waals surface area contributed by atoms with Gasteiger partial charge >= 0.3 is 5.97 Å². The van der Waals surface area contributed by atoms with Gasteiger partial charge in [0, 0.05) is 12.4 Å². The highest BCUT2D eigenvalue weighted by atomic mass is 16.4. The monoisotopic (exact) mass is 322 g/mol. The lowest BCUT2D eigenvalue weighted by atomic mass is 10.1. The van der Waals surface area contributed by atoms with Crippen molar-refractivity contribution in [2.24, 2.45) is 0 Å². The van der Waals surface area contributed by atoms with Gasteiger partial charge in [-0.3, -0.25) is 0 Å². The van der Waals surface area contributed by atoms with Crippen LogP contribution in [0.1, 0.15) is 52.9 Å². The van der Waals surface area contributed by atoms with Crippen LogP contribution in [-0.2, 0) is 0 Å². The molecule has 6 nitrogen and oxygen atoms in total. The maximum atomic E-state index is 11.3. The van der Waals surface area contributed by atoms with E-state index in [1.54, 1.807) is 12.3 Å². The molecule has 3 rings (SSSR count). The van der Waals surface area contributed by atoms with Gasteiger partial charge in [0.15, 0.2) is 5.82 Å². The van der Waals surface area contributed by atoms with Gasteiger partial charge in [0.25, 0.3) is 0 Å². The molecule has 0 spiro atoms. The summed E-state index contributed by atoms with van der Waals surface area (Å²) in [7, 11) is 0. The second-order valence-electron chi connectivity index (χ2n) is 5.94. The van der Waals surface area contributed by atoms with Crippen molar-refractivity contribution in [3.05, 3.63) is 59.1 Å². The molecule has 0 bridgehead atoms. The third-order valence-electron chi connectivity index (χ3n) is 3.70. The highest BCUT2D eigenvalue weighted by molar-refractivity contribution is 5.88. The topological polar surface area (TPSA) is 80.4 Å². The minimum Gasteiger partial charge on any atom is -0.478 e. The van der Waals surface area contributed by atoms with Crippen molar-refractivity contribution in [3.63, 3.8) is 0 Å². The summed E-state index contributed by atoms with van der Waals surface area (Å²) in [6.45, 7) is 5.85. The van der Waals surface area contributed by atoms with Crippen LogP contribution in [0.2, 0.25) is 0 Å². The normalized spacial score (nSPS) is 11.7. The number of carboxylic acid groups (broad SMARTS) is 1. The van der Waals surface area contributed by atoms with Crippen LogP contribution in [-0.4, -0.2) is 30.4 Å². The molecule has 0 aromatic carbocycles. The molecule has 0 aliphatic carbocycles. The number of nitrogens with zero attached hydrogens (tertiary/aromatic N) is 4.